The minimum absolute atomic E-state index is 0.253. The number of ether oxygens (including phenoxy) is 1. The van der Waals surface area contributed by atoms with Crippen LogP contribution in [0.5, 0.6) is 0 Å². The number of hydrogen-bond acceptors (Lipinski definition) is 2. The maximum Gasteiger partial charge on any atom is 0.0871 e. The molecule has 0 saturated carbocycles. The second kappa shape index (κ2) is 4.80. The summed E-state index contributed by atoms with van der Waals surface area (Å²) >= 11 is 0. The Morgan fingerprint density at radius 2 is 2.06 bits per heavy atom. The van der Waals surface area contributed by atoms with Gasteiger partial charge >= 0.3 is 0 Å². The van der Waals surface area contributed by atoms with Gasteiger partial charge in [0, 0.05) is 23.3 Å². The summed E-state index contributed by atoms with van der Waals surface area (Å²) in [4.78, 5) is 0. The van der Waals surface area contributed by atoms with E-state index >= 15 is 0 Å². The minimum Gasteiger partial charge on any atom is -0.399 e. The second-order valence-electron chi connectivity index (χ2n) is 4.56. The predicted octanol–water partition coefficient (Wildman–Crippen LogP) is 3.17. The minimum atomic E-state index is 0.253. The van der Waals surface area contributed by atoms with Crippen LogP contribution in [-0.2, 0) is 17.9 Å². The maximum atomic E-state index is 5.83. The van der Waals surface area contributed by atoms with Crippen molar-refractivity contribution in [3.8, 4) is 0 Å². The SMILES string of the molecule is CCn1c(COC(C)C)cc2ccc(N)cc21. The number of nitrogen functional groups attached to an aromatic ring is 1. The number of nitrogens with zero attached hydrogens (tertiary/aromatic N) is 1. The van der Waals surface area contributed by atoms with Crippen LogP contribution < -0.4 is 5.73 Å². The van der Waals surface area contributed by atoms with Crippen LogP contribution >= 0.6 is 0 Å². The van der Waals surface area contributed by atoms with Crippen molar-refractivity contribution in [3.05, 3.63) is 30.0 Å². The molecule has 2 N–H and O–H groups in total. The summed E-state index contributed by atoms with van der Waals surface area (Å²) in [6.07, 6.45) is 0.253. The van der Waals surface area contributed by atoms with Gasteiger partial charge in [-0.05, 0) is 39.0 Å². The van der Waals surface area contributed by atoms with Gasteiger partial charge in [0.1, 0.15) is 0 Å². The third kappa shape index (κ3) is 2.44. The number of rotatable bonds is 4. The van der Waals surface area contributed by atoms with Gasteiger partial charge in [-0.3, -0.25) is 0 Å². The van der Waals surface area contributed by atoms with Crippen LogP contribution in [0, 0.1) is 0 Å². The Morgan fingerprint density at radius 3 is 2.71 bits per heavy atom. The summed E-state index contributed by atoms with van der Waals surface area (Å²) < 4.78 is 7.94. The summed E-state index contributed by atoms with van der Waals surface area (Å²) in [6.45, 7) is 7.83. The summed E-state index contributed by atoms with van der Waals surface area (Å²) in [5, 5.41) is 1.23. The molecule has 17 heavy (non-hydrogen) atoms. The zero-order chi connectivity index (χ0) is 12.4. The molecule has 3 nitrogen and oxygen atoms in total. The van der Waals surface area contributed by atoms with E-state index in [1.165, 1.54) is 16.6 Å². The molecule has 0 amide bonds. The van der Waals surface area contributed by atoms with Crippen molar-refractivity contribution >= 4 is 16.6 Å². The maximum absolute atomic E-state index is 5.83. The van der Waals surface area contributed by atoms with Gasteiger partial charge in [0.15, 0.2) is 0 Å². The number of nitrogens with two attached hydrogens (primary N) is 1. The molecule has 0 saturated heterocycles. The summed E-state index contributed by atoms with van der Waals surface area (Å²) in [7, 11) is 0. The topological polar surface area (TPSA) is 40.2 Å². The van der Waals surface area contributed by atoms with Crippen molar-refractivity contribution in [3.63, 3.8) is 0 Å². The first kappa shape index (κ1) is 12.0. The van der Waals surface area contributed by atoms with Crippen LogP contribution in [0.4, 0.5) is 5.69 Å². The normalized spacial score (nSPS) is 11.5. The summed E-state index contributed by atoms with van der Waals surface area (Å²) in [5.41, 5.74) is 9.04. The van der Waals surface area contributed by atoms with E-state index in [9.17, 15) is 0 Å². The Bertz CT molecular complexity index is 514. The van der Waals surface area contributed by atoms with E-state index in [-0.39, 0.29) is 6.10 Å². The van der Waals surface area contributed by atoms with Gasteiger partial charge in [-0.25, -0.2) is 0 Å². The molecule has 2 rings (SSSR count). The monoisotopic (exact) mass is 232 g/mol. The van der Waals surface area contributed by atoms with Gasteiger partial charge in [0.25, 0.3) is 0 Å². The molecule has 92 valence electrons. The Kier molecular flexibility index (Phi) is 3.38. The van der Waals surface area contributed by atoms with Crippen LogP contribution in [0.3, 0.4) is 0 Å². The lowest BCUT2D eigenvalue weighted by Crippen LogP contribution is -2.07. The first-order valence-corrected chi connectivity index (χ1v) is 6.11. The van der Waals surface area contributed by atoms with E-state index < -0.39 is 0 Å². The van der Waals surface area contributed by atoms with Crippen LogP contribution in [0.25, 0.3) is 10.9 Å². The highest BCUT2D eigenvalue weighted by Crippen LogP contribution is 2.23. The van der Waals surface area contributed by atoms with Crippen molar-refractivity contribution in [2.45, 2.75) is 40.0 Å². The Morgan fingerprint density at radius 1 is 1.29 bits per heavy atom. The Balaban J connectivity index is 2.41. The standard InChI is InChI=1S/C14H20N2O/c1-4-16-13(9-17-10(2)3)7-11-5-6-12(15)8-14(11)16/h5-8,10H,4,9,15H2,1-3H3. The largest absolute Gasteiger partial charge is 0.399 e. The highest BCUT2D eigenvalue weighted by Gasteiger charge is 2.08. The molecule has 3 heteroatoms. The molecule has 2 aromatic rings. The first-order chi connectivity index (χ1) is 8.11. The van der Waals surface area contributed by atoms with Crippen molar-refractivity contribution in [2.75, 3.05) is 5.73 Å². The molecular formula is C14H20N2O. The average molecular weight is 232 g/mol. The van der Waals surface area contributed by atoms with Gasteiger partial charge in [-0.1, -0.05) is 6.07 Å². The highest BCUT2D eigenvalue weighted by atomic mass is 16.5. The number of benzene rings is 1. The molecule has 0 spiro atoms. The van der Waals surface area contributed by atoms with Crippen molar-refractivity contribution in [2.24, 2.45) is 0 Å². The first-order valence-electron chi connectivity index (χ1n) is 6.11. The second-order valence-corrected chi connectivity index (χ2v) is 4.56. The Hall–Kier alpha value is -1.48. The van der Waals surface area contributed by atoms with Crippen molar-refractivity contribution < 1.29 is 4.74 Å². The fourth-order valence-corrected chi connectivity index (χ4v) is 2.07. The molecule has 0 aliphatic rings. The van der Waals surface area contributed by atoms with Gasteiger partial charge in [0.05, 0.1) is 18.2 Å². The van der Waals surface area contributed by atoms with E-state index in [4.69, 9.17) is 10.5 Å². The van der Waals surface area contributed by atoms with Gasteiger partial charge in [-0.15, -0.1) is 0 Å². The molecule has 0 fully saturated rings. The molecule has 0 unspecified atom stereocenters. The number of anilines is 1. The zero-order valence-corrected chi connectivity index (χ0v) is 10.7. The molecule has 0 aliphatic heterocycles. The van der Waals surface area contributed by atoms with Crippen LogP contribution in [0.2, 0.25) is 0 Å². The van der Waals surface area contributed by atoms with Crippen LogP contribution in [0.1, 0.15) is 26.5 Å². The van der Waals surface area contributed by atoms with Crippen molar-refractivity contribution in [1.29, 1.82) is 0 Å². The average Bonchev–Trinajstić information content (AvgIpc) is 2.63. The summed E-state index contributed by atoms with van der Waals surface area (Å²) in [5.74, 6) is 0. The van der Waals surface area contributed by atoms with Crippen LogP contribution in [-0.4, -0.2) is 10.7 Å². The number of aromatic nitrogens is 1. The number of aryl methyl sites for hydroxylation is 1. The van der Waals surface area contributed by atoms with E-state index in [2.05, 4.69) is 37.5 Å². The quantitative estimate of drug-likeness (QED) is 0.822. The molecule has 1 aromatic heterocycles. The lowest BCUT2D eigenvalue weighted by Gasteiger charge is -2.10. The van der Waals surface area contributed by atoms with Gasteiger partial charge in [-0.2, -0.15) is 0 Å². The van der Waals surface area contributed by atoms with Crippen LogP contribution in [0.15, 0.2) is 24.3 Å². The fourth-order valence-electron chi connectivity index (χ4n) is 2.07. The van der Waals surface area contributed by atoms with E-state index in [0.29, 0.717) is 6.61 Å². The van der Waals surface area contributed by atoms with Crippen molar-refractivity contribution in [1.82, 2.24) is 4.57 Å². The molecule has 1 aromatic carbocycles. The van der Waals surface area contributed by atoms with Gasteiger partial charge in [0.2, 0.25) is 0 Å². The number of hydrogen-bond donors (Lipinski definition) is 1. The molecular weight excluding hydrogens is 212 g/mol. The summed E-state index contributed by atoms with van der Waals surface area (Å²) in [6, 6.07) is 8.21. The third-order valence-electron chi connectivity index (χ3n) is 2.89. The van der Waals surface area contributed by atoms with E-state index in [1.807, 2.05) is 12.1 Å². The fraction of sp³-hybridized carbons (Fsp3) is 0.429. The van der Waals surface area contributed by atoms with E-state index in [0.717, 1.165) is 12.2 Å². The molecule has 0 aliphatic carbocycles. The lowest BCUT2D eigenvalue weighted by atomic mass is 10.2. The lowest BCUT2D eigenvalue weighted by molar-refractivity contribution is 0.0620. The van der Waals surface area contributed by atoms with Gasteiger partial charge < -0.3 is 15.0 Å². The van der Waals surface area contributed by atoms with E-state index in [1.54, 1.807) is 0 Å². The third-order valence-corrected chi connectivity index (χ3v) is 2.89. The smallest absolute Gasteiger partial charge is 0.0871 e. The molecule has 0 bridgehead atoms. The molecule has 1 heterocycles. The molecule has 0 radical (unpaired) electrons. The predicted molar refractivity (Wildman–Crippen MR) is 71.9 cm³/mol. The number of fused-ring (bicyclic) bond motifs is 1. The highest BCUT2D eigenvalue weighted by molar-refractivity contribution is 5.84. The zero-order valence-electron chi connectivity index (χ0n) is 10.7. The Labute approximate surface area is 102 Å². The molecule has 0 atom stereocenters.